The lowest BCUT2D eigenvalue weighted by Gasteiger charge is -2.32. The normalized spacial score (nSPS) is 16.0. The van der Waals surface area contributed by atoms with Crippen LogP contribution in [0, 0.1) is 0 Å². The van der Waals surface area contributed by atoms with Crippen LogP contribution in [0.15, 0.2) is 30.5 Å². The van der Waals surface area contributed by atoms with Crippen LogP contribution < -0.4 is 16.4 Å². The number of nitrogens with zero attached hydrogens (tertiary/aromatic N) is 5. The third-order valence-corrected chi connectivity index (χ3v) is 9.52. The molecule has 12 nitrogen and oxygen atoms in total. The van der Waals surface area contributed by atoms with Crippen LogP contribution >= 0.6 is 0 Å². The van der Waals surface area contributed by atoms with E-state index in [4.69, 9.17) is 20.2 Å². The summed E-state index contributed by atoms with van der Waals surface area (Å²) in [5.74, 6) is -0.115. The van der Waals surface area contributed by atoms with Gasteiger partial charge in [0.25, 0.3) is 5.91 Å². The average Bonchev–Trinajstić information content (AvgIpc) is 3.54. The largest absolute Gasteiger partial charge is 0.381 e. The maximum atomic E-state index is 13.3. The van der Waals surface area contributed by atoms with Crippen LogP contribution in [-0.2, 0) is 35.4 Å². The lowest BCUT2D eigenvalue weighted by molar-refractivity contribution is 0.0357. The third kappa shape index (κ3) is 9.67. The number of piperidine rings is 1. The summed E-state index contributed by atoms with van der Waals surface area (Å²) in [6.45, 7) is 13.0. The smallest absolute Gasteiger partial charge is 0.314 e. The molecule has 48 heavy (non-hydrogen) atoms. The second-order valence-corrected chi connectivity index (χ2v) is 12.8. The Morgan fingerprint density at radius 1 is 1.00 bits per heavy atom. The Morgan fingerprint density at radius 3 is 2.42 bits per heavy atom. The summed E-state index contributed by atoms with van der Waals surface area (Å²) in [6.07, 6.45) is 9.48. The summed E-state index contributed by atoms with van der Waals surface area (Å²) >= 11 is 0. The Morgan fingerprint density at radius 2 is 1.73 bits per heavy atom. The standard InChI is InChI=1S/C36H54N8O4/c1-3-32-30(33(31-26-39-44(4-2)34(31)41-32)40-29-14-17-43(18-15-29)36(37)46)25-38-35(45)28-12-10-27(11-13-28)9-5-7-21-47-22-8-6-16-42-19-23-48-24-20-42/h10-13,26,29H,3-9,14-25H2,1-2H3,(H2,37,46)(H,38,45)(H,40,41). The van der Waals surface area contributed by atoms with Gasteiger partial charge in [-0.25, -0.2) is 14.5 Å². The molecule has 0 bridgehead atoms. The number of aromatic nitrogens is 3. The number of morpholine rings is 1. The molecule has 2 aromatic heterocycles. The summed E-state index contributed by atoms with van der Waals surface area (Å²) in [4.78, 5) is 34.1. The zero-order valence-electron chi connectivity index (χ0n) is 28.8. The number of primary amides is 1. The number of hydrogen-bond acceptors (Lipinski definition) is 8. The number of likely N-dealkylation sites (tertiary alicyclic amines) is 1. The first kappa shape index (κ1) is 35.6. The van der Waals surface area contributed by atoms with Crippen molar-refractivity contribution in [2.24, 2.45) is 5.73 Å². The number of urea groups is 1. The van der Waals surface area contributed by atoms with Crippen molar-refractivity contribution in [3.8, 4) is 0 Å². The Labute approximate surface area is 284 Å². The van der Waals surface area contributed by atoms with Crippen LogP contribution in [0.25, 0.3) is 11.0 Å². The molecule has 0 saturated carbocycles. The highest BCUT2D eigenvalue weighted by Crippen LogP contribution is 2.31. The maximum Gasteiger partial charge on any atom is 0.314 e. The van der Waals surface area contributed by atoms with Gasteiger partial charge >= 0.3 is 6.03 Å². The molecule has 0 aliphatic carbocycles. The monoisotopic (exact) mass is 662 g/mol. The van der Waals surface area contributed by atoms with E-state index in [2.05, 4.69) is 46.6 Å². The molecule has 262 valence electrons. The van der Waals surface area contributed by atoms with Gasteiger partial charge in [0, 0.05) is 75.3 Å². The van der Waals surface area contributed by atoms with Crippen molar-refractivity contribution in [2.75, 3.05) is 64.5 Å². The Kier molecular flexibility index (Phi) is 13.4. The lowest BCUT2D eigenvalue weighted by atomic mass is 10.0. The van der Waals surface area contributed by atoms with Crippen LogP contribution in [-0.4, -0.2) is 102 Å². The van der Waals surface area contributed by atoms with Gasteiger partial charge in [0.15, 0.2) is 5.65 Å². The van der Waals surface area contributed by atoms with Gasteiger partial charge in [0.05, 0.1) is 30.5 Å². The van der Waals surface area contributed by atoms with E-state index >= 15 is 0 Å². The molecule has 4 heterocycles. The quantitative estimate of drug-likeness (QED) is 0.181. The SMILES string of the molecule is CCc1nc2c(cnn2CC)c(NC2CCN(C(N)=O)CC2)c1CNC(=O)c1ccc(CCCCOCCCCN2CCOCC2)cc1. The van der Waals surface area contributed by atoms with Crippen LogP contribution in [0.5, 0.6) is 0 Å². The van der Waals surface area contributed by atoms with Crippen LogP contribution in [0.3, 0.4) is 0 Å². The number of anilines is 1. The number of hydrogen-bond donors (Lipinski definition) is 3. The van der Waals surface area contributed by atoms with Crippen LogP contribution in [0.1, 0.15) is 79.6 Å². The predicted molar refractivity (Wildman–Crippen MR) is 188 cm³/mol. The molecule has 5 rings (SSSR count). The summed E-state index contributed by atoms with van der Waals surface area (Å²) in [5, 5.41) is 12.4. The minimum atomic E-state index is -0.375. The van der Waals surface area contributed by atoms with Gasteiger partial charge in [-0.15, -0.1) is 0 Å². The molecular formula is C36H54N8O4. The van der Waals surface area contributed by atoms with Gasteiger partial charge in [-0.2, -0.15) is 5.10 Å². The molecule has 2 aliphatic rings. The molecule has 3 amide bonds. The molecule has 2 fully saturated rings. The van der Waals surface area contributed by atoms with Crippen molar-refractivity contribution in [1.82, 2.24) is 29.9 Å². The molecule has 1 aromatic carbocycles. The van der Waals surface area contributed by atoms with Gasteiger partial charge in [-0.3, -0.25) is 9.69 Å². The lowest BCUT2D eigenvalue weighted by Crippen LogP contribution is -2.44. The Hall–Kier alpha value is -3.74. The minimum absolute atomic E-state index is 0.115. The van der Waals surface area contributed by atoms with Crippen molar-refractivity contribution < 1.29 is 19.1 Å². The fourth-order valence-electron chi connectivity index (χ4n) is 6.60. The van der Waals surface area contributed by atoms with Crippen molar-refractivity contribution in [3.05, 3.63) is 52.8 Å². The van der Waals surface area contributed by atoms with Gasteiger partial charge in [-0.1, -0.05) is 19.1 Å². The number of pyridine rings is 1. The Bertz CT molecular complexity index is 1460. The van der Waals surface area contributed by atoms with E-state index in [1.807, 2.05) is 23.0 Å². The van der Waals surface area contributed by atoms with Gasteiger partial charge in [-0.05, 0) is 82.5 Å². The number of amides is 3. The molecular weight excluding hydrogens is 608 g/mol. The summed E-state index contributed by atoms with van der Waals surface area (Å²) in [5.41, 5.74) is 11.1. The Balaban J connectivity index is 1.10. The molecule has 0 atom stereocenters. The molecule has 4 N–H and O–H groups in total. The number of fused-ring (bicyclic) bond motifs is 1. The summed E-state index contributed by atoms with van der Waals surface area (Å²) in [6, 6.07) is 7.72. The average molecular weight is 663 g/mol. The van der Waals surface area contributed by atoms with Crippen molar-refractivity contribution in [1.29, 1.82) is 0 Å². The number of benzene rings is 1. The number of nitrogens with two attached hydrogens (primary N) is 1. The van der Waals surface area contributed by atoms with E-state index in [-0.39, 0.29) is 18.0 Å². The van der Waals surface area contributed by atoms with E-state index in [1.165, 1.54) is 12.0 Å². The number of rotatable bonds is 17. The van der Waals surface area contributed by atoms with Crippen LogP contribution in [0.4, 0.5) is 10.5 Å². The maximum absolute atomic E-state index is 13.3. The number of aryl methyl sites for hydroxylation is 3. The van der Waals surface area contributed by atoms with E-state index in [1.54, 1.807) is 4.90 Å². The number of carbonyl (C=O) groups excluding carboxylic acids is 2. The fourth-order valence-corrected chi connectivity index (χ4v) is 6.60. The summed E-state index contributed by atoms with van der Waals surface area (Å²) < 4.78 is 13.2. The van der Waals surface area contributed by atoms with E-state index < -0.39 is 0 Å². The predicted octanol–water partition coefficient (Wildman–Crippen LogP) is 4.35. The van der Waals surface area contributed by atoms with Gasteiger partial charge in [0.1, 0.15) is 0 Å². The molecule has 3 aromatic rings. The zero-order valence-corrected chi connectivity index (χ0v) is 28.8. The number of unbranched alkanes of at least 4 members (excludes halogenated alkanes) is 2. The topological polar surface area (TPSA) is 140 Å². The molecule has 2 saturated heterocycles. The molecule has 2 aliphatic heterocycles. The highest BCUT2D eigenvalue weighted by atomic mass is 16.5. The first-order chi connectivity index (χ1) is 23.5. The second-order valence-electron chi connectivity index (χ2n) is 12.8. The zero-order chi connectivity index (χ0) is 33.7. The number of nitrogens with one attached hydrogen (secondary N) is 2. The van der Waals surface area contributed by atoms with E-state index in [9.17, 15) is 9.59 Å². The molecule has 12 heteroatoms. The van der Waals surface area contributed by atoms with Crippen LogP contribution in [0.2, 0.25) is 0 Å². The highest BCUT2D eigenvalue weighted by molar-refractivity contribution is 5.95. The molecule has 0 spiro atoms. The van der Waals surface area contributed by atoms with E-state index in [0.29, 0.717) is 31.7 Å². The highest BCUT2D eigenvalue weighted by Gasteiger charge is 2.25. The first-order valence-electron chi connectivity index (χ1n) is 17.9. The summed E-state index contributed by atoms with van der Waals surface area (Å²) in [7, 11) is 0. The van der Waals surface area contributed by atoms with Gasteiger partial charge in [0.2, 0.25) is 0 Å². The number of ether oxygens (including phenoxy) is 2. The molecule has 0 unspecified atom stereocenters. The van der Waals surface area contributed by atoms with E-state index in [0.717, 1.165) is 119 Å². The van der Waals surface area contributed by atoms with Gasteiger partial charge < -0.3 is 30.7 Å². The minimum Gasteiger partial charge on any atom is -0.381 e. The molecule has 0 radical (unpaired) electrons. The van der Waals surface area contributed by atoms with Crippen molar-refractivity contribution >= 4 is 28.7 Å². The fraction of sp³-hybridized carbons (Fsp3) is 0.611. The van der Waals surface area contributed by atoms with Crippen molar-refractivity contribution in [3.63, 3.8) is 0 Å². The number of carbonyl (C=O) groups is 2. The first-order valence-corrected chi connectivity index (χ1v) is 17.9. The van der Waals surface area contributed by atoms with Crippen molar-refractivity contribution in [2.45, 2.75) is 84.3 Å². The second kappa shape index (κ2) is 18.1. The third-order valence-electron chi connectivity index (χ3n) is 9.52.